The Hall–Kier alpha value is -2.38. The zero-order valence-electron chi connectivity index (χ0n) is 16.5. The molecule has 0 saturated carbocycles. The Morgan fingerprint density at radius 2 is 1.68 bits per heavy atom. The summed E-state index contributed by atoms with van der Waals surface area (Å²) in [6.45, 7) is 4.46. The van der Waals surface area contributed by atoms with Crippen LogP contribution in [0, 0.1) is 13.8 Å². The smallest absolute Gasteiger partial charge is 0.0181 e. The molecule has 2 aromatic carbocycles. The second-order valence-electron chi connectivity index (χ2n) is 7.50. The molecule has 0 spiro atoms. The van der Waals surface area contributed by atoms with Gasteiger partial charge in [-0.25, -0.2) is 0 Å². The predicted octanol–water partition coefficient (Wildman–Crippen LogP) is 8.37. The first-order chi connectivity index (χ1) is 13.6. The van der Waals surface area contributed by atoms with Crippen molar-refractivity contribution in [1.82, 2.24) is 0 Å². The van der Waals surface area contributed by atoms with Crippen molar-refractivity contribution >= 4 is 27.1 Å². The van der Waals surface area contributed by atoms with Crippen molar-refractivity contribution in [1.29, 1.82) is 0 Å². The number of rotatable bonds is 3. The second kappa shape index (κ2) is 8.32. The summed E-state index contributed by atoms with van der Waals surface area (Å²) in [5, 5.41) is 0. The van der Waals surface area contributed by atoms with Gasteiger partial charge in [0.05, 0.1) is 0 Å². The van der Waals surface area contributed by atoms with Crippen molar-refractivity contribution in [2.75, 3.05) is 0 Å². The molecule has 0 aromatic heterocycles. The van der Waals surface area contributed by atoms with Gasteiger partial charge < -0.3 is 0 Å². The van der Waals surface area contributed by atoms with E-state index in [1.807, 2.05) is 0 Å². The third-order valence-electron chi connectivity index (χ3n) is 5.57. The Morgan fingerprint density at radius 1 is 0.821 bits per heavy atom. The Balaban J connectivity index is 1.96. The van der Waals surface area contributed by atoms with Gasteiger partial charge in [0.25, 0.3) is 0 Å². The average molecular weight is 429 g/mol. The summed E-state index contributed by atoms with van der Waals surface area (Å²) in [5.74, 6) is 0. The highest BCUT2D eigenvalue weighted by Gasteiger charge is 2.15. The van der Waals surface area contributed by atoms with Crippen LogP contribution in [0.4, 0.5) is 0 Å². The van der Waals surface area contributed by atoms with Crippen LogP contribution >= 0.6 is 15.9 Å². The standard InChI is InChI=1S/C27H25Br/c1-19-14-15-24(28)18-25(19)27-17-23(21-10-8-5-9-11-21)16-26(20(27)2)22-12-6-3-4-7-13-22/h3-4,6-8,10-12,14-18H,5,9,13H2,1-2H3. The van der Waals surface area contributed by atoms with E-state index in [9.17, 15) is 0 Å². The van der Waals surface area contributed by atoms with E-state index in [-0.39, 0.29) is 0 Å². The highest BCUT2D eigenvalue weighted by molar-refractivity contribution is 9.10. The highest BCUT2D eigenvalue weighted by atomic mass is 79.9. The monoisotopic (exact) mass is 428 g/mol. The highest BCUT2D eigenvalue weighted by Crippen LogP contribution is 2.37. The topological polar surface area (TPSA) is 0 Å². The molecule has 0 atom stereocenters. The summed E-state index contributed by atoms with van der Waals surface area (Å²) in [6.07, 6.45) is 21.0. The van der Waals surface area contributed by atoms with Crippen LogP contribution in [0.2, 0.25) is 0 Å². The molecule has 0 amide bonds. The molecule has 2 aliphatic carbocycles. The number of aryl methyl sites for hydroxylation is 1. The van der Waals surface area contributed by atoms with E-state index in [4.69, 9.17) is 0 Å². The molecule has 140 valence electrons. The SMILES string of the molecule is Cc1ccc(Br)cc1-c1cc(C2=CCCC=C2)cc(C2=CC=CC=CC2)c1C. The summed E-state index contributed by atoms with van der Waals surface area (Å²) >= 11 is 3.67. The van der Waals surface area contributed by atoms with Gasteiger partial charge in [0.15, 0.2) is 0 Å². The van der Waals surface area contributed by atoms with E-state index < -0.39 is 0 Å². The van der Waals surface area contributed by atoms with Crippen molar-refractivity contribution in [3.63, 3.8) is 0 Å². The Bertz CT molecular complexity index is 1060. The summed E-state index contributed by atoms with van der Waals surface area (Å²) in [6, 6.07) is 11.3. The normalized spacial score (nSPS) is 16.0. The minimum absolute atomic E-state index is 0.961. The van der Waals surface area contributed by atoms with Crippen LogP contribution in [-0.2, 0) is 0 Å². The lowest BCUT2D eigenvalue weighted by atomic mass is 9.85. The number of hydrogen-bond donors (Lipinski definition) is 0. The minimum atomic E-state index is 0.961. The molecule has 0 fully saturated rings. The van der Waals surface area contributed by atoms with Crippen LogP contribution in [0.1, 0.15) is 41.5 Å². The number of halogens is 1. The lowest BCUT2D eigenvalue weighted by molar-refractivity contribution is 1.04. The number of allylic oxidation sites excluding steroid dienone is 10. The minimum Gasteiger partial charge on any atom is -0.0836 e. The summed E-state index contributed by atoms with van der Waals surface area (Å²) in [4.78, 5) is 0. The Labute approximate surface area is 176 Å². The van der Waals surface area contributed by atoms with Crippen LogP contribution < -0.4 is 0 Å². The van der Waals surface area contributed by atoms with Gasteiger partial charge in [0, 0.05) is 4.47 Å². The first kappa shape index (κ1) is 19.0. The van der Waals surface area contributed by atoms with E-state index in [2.05, 4.69) is 109 Å². The number of hydrogen-bond acceptors (Lipinski definition) is 0. The summed E-state index contributed by atoms with van der Waals surface area (Å²) in [5.41, 5.74) is 10.6. The van der Waals surface area contributed by atoms with E-state index in [1.54, 1.807) is 0 Å². The van der Waals surface area contributed by atoms with Gasteiger partial charge in [0.2, 0.25) is 0 Å². The molecule has 1 heteroatoms. The Morgan fingerprint density at radius 3 is 2.50 bits per heavy atom. The van der Waals surface area contributed by atoms with Crippen LogP contribution in [0.3, 0.4) is 0 Å². The fraction of sp³-hybridized carbons (Fsp3) is 0.185. The molecule has 0 nitrogen and oxygen atoms in total. The molecule has 2 aliphatic rings. The van der Waals surface area contributed by atoms with Gasteiger partial charge in [-0.15, -0.1) is 0 Å². The van der Waals surface area contributed by atoms with Crippen LogP contribution in [0.15, 0.2) is 83.4 Å². The molecule has 0 saturated heterocycles. The lowest BCUT2D eigenvalue weighted by Gasteiger charge is -2.19. The average Bonchev–Trinajstić information content (AvgIpc) is 3.00. The molecule has 0 radical (unpaired) electrons. The fourth-order valence-electron chi connectivity index (χ4n) is 3.98. The number of benzene rings is 2. The Kier molecular flexibility index (Phi) is 5.64. The summed E-state index contributed by atoms with van der Waals surface area (Å²) < 4.78 is 1.12. The van der Waals surface area contributed by atoms with Gasteiger partial charge in [0.1, 0.15) is 0 Å². The molecular formula is C27H25Br. The first-order valence-corrected chi connectivity index (χ1v) is 10.7. The molecule has 0 heterocycles. The molecule has 4 rings (SSSR count). The molecular weight excluding hydrogens is 404 g/mol. The molecule has 0 bridgehead atoms. The van der Waals surface area contributed by atoms with Crippen LogP contribution in [0.25, 0.3) is 22.3 Å². The zero-order valence-corrected chi connectivity index (χ0v) is 18.1. The maximum absolute atomic E-state index is 3.67. The second-order valence-corrected chi connectivity index (χ2v) is 8.42. The quantitative estimate of drug-likeness (QED) is 0.460. The van der Waals surface area contributed by atoms with E-state index in [0.717, 1.165) is 23.7 Å². The largest absolute Gasteiger partial charge is 0.0836 e. The maximum atomic E-state index is 3.67. The van der Waals surface area contributed by atoms with Crippen molar-refractivity contribution in [3.8, 4) is 11.1 Å². The molecule has 0 N–H and O–H groups in total. The molecule has 2 aromatic rings. The van der Waals surface area contributed by atoms with Crippen molar-refractivity contribution in [2.24, 2.45) is 0 Å². The summed E-state index contributed by atoms with van der Waals surface area (Å²) in [7, 11) is 0. The third-order valence-corrected chi connectivity index (χ3v) is 6.06. The van der Waals surface area contributed by atoms with Crippen molar-refractivity contribution in [2.45, 2.75) is 33.1 Å². The van der Waals surface area contributed by atoms with E-state index in [1.165, 1.54) is 44.5 Å². The van der Waals surface area contributed by atoms with Gasteiger partial charge in [-0.05, 0) is 102 Å². The van der Waals surface area contributed by atoms with E-state index >= 15 is 0 Å². The van der Waals surface area contributed by atoms with Gasteiger partial charge in [-0.3, -0.25) is 0 Å². The molecule has 28 heavy (non-hydrogen) atoms. The van der Waals surface area contributed by atoms with Crippen molar-refractivity contribution < 1.29 is 0 Å². The lowest BCUT2D eigenvalue weighted by Crippen LogP contribution is -1.98. The van der Waals surface area contributed by atoms with Gasteiger partial charge in [-0.2, -0.15) is 0 Å². The van der Waals surface area contributed by atoms with E-state index in [0.29, 0.717) is 0 Å². The van der Waals surface area contributed by atoms with Crippen LogP contribution in [0.5, 0.6) is 0 Å². The predicted molar refractivity (Wildman–Crippen MR) is 126 cm³/mol. The zero-order chi connectivity index (χ0) is 19.5. The van der Waals surface area contributed by atoms with Gasteiger partial charge in [-0.1, -0.05) is 70.6 Å². The first-order valence-electron chi connectivity index (χ1n) is 9.94. The van der Waals surface area contributed by atoms with Crippen molar-refractivity contribution in [3.05, 3.63) is 106 Å². The van der Waals surface area contributed by atoms with Crippen LogP contribution in [-0.4, -0.2) is 0 Å². The van der Waals surface area contributed by atoms with Gasteiger partial charge >= 0.3 is 0 Å². The molecule has 0 unspecified atom stereocenters. The fourth-order valence-corrected chi connectivity index (χ4v) is 4.34. The molecule has 0 aliphatic heterocycles. The maximum Gasteiger partial charge on any atom is 0.0181 e. The third kappa shape index (κ3) is 3.91.